The third-order valence-electron chi connectivity index (χ3n) is 5.77. The van der Waals surface area contributed by atoms with Crippen molar-refractivity contribution in [2.45, 2.75) is 38.5 Å². The Labute approximate surface area is 216 Å². The van der Waals surface area contributed by atoms with Gasteiger partial charge in [-0.25, -0.2) is 24.4 Å². The highest BCUT2D eigenvalue weighted by Gasteiger charge is 2.35. The van der Waals surface area contributed by atoms with Crippen LogP contribution in [0.2, 0.25) is 0 Å². The number of benzene rings is 1. The van der Waals surface area contributed by atoms with Gasteiger partial charge in [-0.1, -0.05) is 30.3 Å². The van der Waals surface area contributed by atoms with Crippen molar-refractivity contribution < 1.29 is 28.7 Å². The van der Waals surface area contributed by atoms with Gasteiger partial charge in [-0.05, 0) is 25.3 Å². The summed E-state index contributed by atoms with van der Waals surface area (Å²) in [6.07, 6.45) is 3.28. The summed E-state index contributed by atoms with van der Waals surface area (Å²) in [5.41, 5.74) is 1.35. The first-order chi connectivity index (χ1) is 18.4. The van der Waals surface area contributed by atoms with Crippen molar-refractivity contribution in [2.75, 3.05) is 19.0 Å². The van der Waals surface area contributed by atoms with E-state index in [0.29, 0.717) is 19.4 Å². The van der Waals surface area contributed by atoms with Crippen molar-refractivity contribution >= 4 is 46.7 Å². The minimum atomic E-state index is -0.891. The number of amides is 4. The van der Waals surface area contributed by atoms with Crippen LogP contribution in [0.25, 0.3) is 11.0 Å². The number of rotatable bonds is 7. The molecular weight excluding hydrogens is 496 g/mol. The summed E-state index contributed by atoms with van der Waals surface area (Å²) in [5.74, 6) is -1.02. The van der Waals surface area contributed by atoms with E-state index in [1.807, 2.05) is 30.3 Å². The molecule has 4 rings (SSSR count). The molecule has 1 fully saturated rings. The molecule has 0 aliphatic carbocycles. The lowest BCUT2D eigenvalue weighted by molar-refractivity contribution is -0.142. The number of fused-ring (bicyclic) bond motifs is 1. The normalized spacial score (nSPS) is 15.8. The van der Waals surface area contributed by atoms with Crippen molar-refractivity contribution in [3.63, 3.8) is 0 Å². The Morgan fingerprint density at radius 1 is 1.16 bits per heavy atom. The molecule has 2 atom stereocenters. The maximum Gasteiger partial charge on any atom is 0.410 e. The van der Waals surface area contributed by atoms with E-state index in [4.69, 9.17) is 4.74 Å². The molecule has 0 radical (unpaired) electrons. The maximum atomic E-state index is 12.9. The molecule has 4 amide bonds. The number of likely N-dealkylation sites (tertiary alicyclic amines) is 1. The number of nitrogens with zero attached hydrogens (tertiary/aromatic N) is 5. The first kappa shape index (κ1) is 26.2. The van der Waals surface area contributed by atoms with E-state index < -0.39 is 36.1 Å². The summed E-state index contributed by atoms with van der Waals surface area (Å²) < 4.78 is 9.95. The third-order valence-corrected chi connectivity index (χ3v) is 5.77. The second-order valence-electron chi connectivity index (χ2n) is 8.38. The van der Waals surface area contributed by atoms with Gasteiger partial charge in [-0.2, -0.15) is 0 Å². The number of carbonyl (C=O) groups excluding carboxylic acids is 4. The fraction of sp³-hybridized carbons (Fsp3) is 0.333. The van der Waals surface area contributed by atoms with Crippen LogP contribution in [0.1, 0.15) is 25.3 Å². The van der Waals surface area contributed by atoms with Crippen molar-refractivity contribution in [3.8, 4) is 0 Å². The predicted molar refractivity (Wildman–Crippen MR) is 133 cm³/mol. The number of anilines is 1. The van der Waals surface area contributed by atoms with E-state index in [1.54, 1.807) is 0 Å². The molecule has 198 valence electrons. The highest BCUT2D eigenvalue weighted by Crippen LogP contribution is 2.29. The first-order valence-corrected chi connectivity index (χ1v) is 11.8. The Balaban J connectivity index is 1.44. The second kappa shape index (κ2) is 11.9. The number of carbonyl (C=O) groups is 4. The number of hydrogen-bond donors (Lipinski definition) is 3. The minimum absolute atomic E-state index is 0.0777. The number of H-pyrrole nitrogens is 1. The Morgan fingerprint density at radius 2 is 1.89 bits per heavy atom. The fourth-order valence-electron chi connectivity index (χ4n) is 3.89. The lowest BCUT2D eigenvalue weighted by Gasteiger charge is -2.21. The molecule has 3 heterocycles. The molecule has 0 spiro atoms. The summed E-state index contributed by atoms with van der Waals surface area (Å²) in [6, 6.07) is 6.83. The molecule has 14 heteroatoms. The molecule has 3 aromatic rings. The number of hydrogen-bond acceptors (Lipinski definition) is 9. The zero-order valence-corrected chi connectivity index (χ0v) is 20.7. The number of azo groups is 1. The van der Waals surface area contributed by atoms with Crippen molar-refractivity contribution in [2.24, 2.45) is 10.2 Å². The zero-order chi connectivity index (χ0) is 27.1. The van der Waals surface area contributed by atoms with Gasteiger partial charge in [0.05, 0.1) is 7.11 Å². The van der Waals surface area contributed by atoms with Crippen LogP contribution >= 0.6 is 0 Å². The number of aromatic amines is 1. The molecule has 0 bridgehead atoms. The molecule has 1 saturated heterocycles. The summed E-state index contributed by atoms with van der Waals surface area (Å²) in [7, 11) is 1.21. The molecule has 0 unspecified atom stereocenters. The molecule has 38 heavy (non-hydrogen) atoms. The van der Waals surface area contributed by atoms with Crippen LogP contribution in [0.5, 0.6) is 0 Å². The molecule has 0 saturated carbocycles. The number of urea groups is 1. The van der Waals surface area contributed by atoms with E-state index in [2.05, 4.69) is 40.6 Å². The quantitative estimate of drug-likeness (QED) is 0.313. The van der Waals surface area contributed by atoms with Crippen molar-refractivity contribution in [3.05, 3.63) is 48.3 Å². The summed E-state index contributed by atoms with van der Waals surface area (Å²) >= 11 is 0. The molecule has 1 aliphatic heterocycles. The molecule has 14 nitrogen and oxygen atoms in total. The minimum Gasteiger partial charge on any atom is -0.467 e. The highest BCUT2D eigenvalue weighted by atomic mass is 16.6. The number of ether oxygens (including phenoxy) is 2. The summed E-state index contributed by atoms with van der Waals surface area (Å²) in [6.45, 7) is 1.92. The van der Waals surface area contributed by atoms with Gasteiger partial charge >= 0.3 is 18.1 Å². The van der Waals surface area contributed by atoms with Gasteiger partial charge in [-0.15, -0.1) is 10.2 Å². The highest BCUT2D eigenvalue weighted by molar-refractivity contribution is 6.02. The lowest BCUT2D eigenvalue weighted by atomic mass is 10.2. The number of nitrogens with one attached hydrogen (secondary N) is 3. The largest absolute Gasteiger partial charge is 0.467 e. The van der Waals surface area contributed by atoms with Gasteiger partial charge in [0.15, 0.2) is 5.82 Å². The average molecular weight is 523 g/mol. The van der Waals surface area contributed by atoms with Crippen LogP contribution < -0.4 is 10.6 Å². The van der Waals surface area contributed by atoms with Gasteiger partial charge in [0.25, 0.3) is 5.91 Å². The van der Waals surface area contributed by atoms with Crippen LogP contribution in [-0.2, 0) is 25.7 Å². The molecule has 3 N–H and O–H groups in total. The van der Waals surface area contributed by atoms with Crippen molar-refractivity contribution in [1.29, 1.82) is 0 Å². The monoisotopic (exact) mass is 522 g/mol. The fourth-order valence-corrected chi connectivity index (χ4v) is 3.89. The standard InChI is InChI=1S/C24H26N8O6/c1-14(22(34)37-2)27-23(35)29-19-17-18(26-11-10-25-17)20(28-19)30-31-21(33)16-9-6-12-32(16)24(36)38-13-15-7-4-3-5-8-15/h3-5,7-8,10-11,14,16,28H,6,9,12-13H2,1-2H3,(H2,27,29,35)/t14-,16-/m0/s1. The maximum absolute atomic E-state index is 12.9. The van der Waals surface area contributed by atoms with Crippen LogP contribution in [0.15, 0.2) is 53.0 Å². The molecule has 1 aliphatic rings. The van der Waals surface area contributed by atoms with Gasteiger partial charge in [-0.3, -0.25) is 15.0 Å². The SMILES string of the molecule is COC(=O)[C@H](C)NC(=O)Nc1[nH]c(N=NC(=O)[C@@H]2CCCN2C(=O)OCc2ccccc2)c2nccnc12. The van der Waals surface area contributed by atoms with Gasteiger partial charge in [0.2, 0.25) is 0 Å². The van der Waals surface area contributed by atoms with E-state index in [1.165, 1.54) is 31.3 Å². The lowest BCUT2D eigenvalue weighted by Crippen LogP contribution is -2.41. The third kappa shape index (κ3) is 6.08. The topological polar surface area (TPSA) is 180 Å². The van der Waals surface area contributed by atoms with Crippen LogP contribution in [0, 0.1) is 0 Å². The van der Waals surface area contributed by atoms with Gasteiger partial charge in [0.1, 0.15) is 35.5 Å². The Morgan fingerprint density at radius 3 is 2.63 bits per heavy atom. The van der Waals surface area contributed by atoms with Gasteiger partial charge < -0.3 is 19.8 Å². The van der Waals surface area contributed by atoms with Crippen LogP contribution in [0.3, 0.4) is 0 Å². The first-order valence-electron chi connectivity index (χ1n) is 11.8. The van der Waals surface area contributed by atoms with Gasteiger partial charge in [0, 0.05) is 18.9 Å². The smallest absolute Gasteiger partial charge is 0.410 e. The molecular formula is C24H26N8O6. The Kier molecular flexibility index (Phi) is 8.20. The number of esters is 1. The predicted octanol–water partition coefficient (Wildman–Crippen LogP) is 3.05. The number of aromatic nitrogens is 3. The Bertz CT molecular complexity index is 1360. The van der Waals surface area contributed by atoms with E-state index >= 15 is 0 Å². The Hall–Kier alpha value is -4.88. The van der Waals surface area contributed by atoms with E-state index in [0.717, 1.165) is 5.56 Å². The zero-order valence-electron chi connectivity index (χ0n) is 20.7. The van der Waals surface area contributed by atoms with Crippen molar-refractivity contribution in [1.82, 2.24) is 25.2 Å². The summed E-state index contributed by atoms with van der Waals surface area (Å²) in [5, 5.41) is 12.8. The number of methoxy groups -OCH3 is 1. The van der Waals surface area contributed by atoms with E-state index in [-0.39, 0.29) is 29.3 Å². The average Bonchev–Trinajstić information content (AvgIpc) is 3.56. The molecule has 2 aromatic heterocycles. The van der Waals surface area contributed by atoms with E-state index in [9.17, 15) is 19.2 Å². The second-order valence-corrected chi connectivity index (χ2v) is 8.38. The van der Waals surface area contributed by atoms with Crippen LogP contribution in [-0.4, -0.2) is 69.6 Å². The van der Waals surface area contributed by atoms with Crippen LogP contribution in [0.4, 0.5) is 21.2 Å². The summed E-state index contributed by atoms with van der Waals surface area (Å²) in [4.78, 5) is 61.9. The molecule has 1 aromatic carbocycles.